The van der Waals surface area contributed by atoms with Gasteiger partial charge in [-0.1, -0.05) is 15.9 Å². The molecule has 1 aromatic carbocycles. The van der Waals surface area contributed by atoms with E-state index in [1.807, 2.05) is 26.1 Å². The number of rotatable bonds is 4. The lowest BCUT2D eigenvalue weighted by molar-refractivity contribution is 0.176. The van der Waals surface area contributed by atoms with E-state index < -0.39 is 6.10 Å². The van der Waals surface area contributed by atoms with E-state index >= 15 is 0 Å². The van der Waals surface area contributed by atoms with Crippen molar-refractivity contribution in [2.75, 3.05) is 20.7 Å². The quantitative estimate of drug-likeness (QED) is 0.882. The van der Waals surface area contributed by atoms with Crippen LogP contribution in [-0.4, -0.2) is 25.8 Å². The molecule has 0 aliphatic heterocycles. The largest absolute Gasteiger partial charge is 0.497 e. The Morgan fingerprint density at radius 2 is 2.20 bits per heavy atom. The summed E-state index contributed by atoms with van der Waals surface area (Å²) in [6, 6.07) is 3.78. The van der Waals surface area contributed by atoms with Crippen molar-refractivity contribution < 1.29 is 9.84 Å². The normalized spacial score (nSPS) is 12.6. The van der Waals surface area contributed by atoms with Crippen molar-refractivity contribution in [3.63, 3.8) is 0 Å². The number of nitrogens with one attached hydrogen (secondary N) is 1. The highest BCUT2D eigenvalue weighted by Crippen LogP contribution is 2.30. The predicted molar refractivity (Wildman–Crippen MR) is 64.3 cm³/mol. The standard InChI is InChI=1S/C11H16BrNO2/c1-7-4-8(15-3)5-9(11(7)12)10(14)6-13-2/h4-5,10,13-14H,6H2,1-3H3. The van der Waals surface area contributed by atoms with E-state index in [1.54, 1.807) is 7.11 Å². The second-order valence-corrected chi connectivity index (χ2v) is 4.21. The molecule has 0 aliphatic carbocycles. The minimum absolute atomic E-state index is 0.519. The molecule has 2 N–H and O–H groups in total. The maximum atomic E-state index is 9.90. The third-order valence-electron chi connectivity index (χ3n) is 2.25. The Balaban J connectivity index is 3.09. The number of benzene rings is 1. The monoisotopic (exact) mass is 273 g/mol. The molecule has 0 aliphatic rings. The van der Waals surface area contributed by atoms with Crippen LogP contribution in [0.15, 0.2) is 16.6 Å². The highest BCUT2D eigenvalue weighted by Gasteiger charge is 2.13. The van der Waals surface area contributed by atoms with Gasteiger partial charge in [0.2, 0.25) is 0 Å². The number of aliphatic hydroxyl groups is 1. The van der Waals surface area contributed by atoms with E-state index in [0.717, 1.165) is 21.3 Å². The van der Waals surface area contributed by atoms with Crippen LogP contribution in [0.5, 0.6) is 5.75 Å². The molecule has 3 nitrogen and oxygen atoms in total. The lowest BCUT2D eigenvalue weighted by atomic mass is 10.1. The number of ether oxygens (including phenoxy) is 1. The van der Waals surface area contributed by atoms with Crippen molar-refractivity contribution in [1.82, 2.24) is 5.32 Å². The van der Waals surface area contributed by atoms with Crippen LogP contribution < -0.4 is 10.1 Å². The van der Waals surface area contributed by atoms with Crippen molar-refractivity contribution in [1.29, 1.82) is 0 Å². The average Bonchev–Trinajstić information content (AvgIpc) is 2.22. The lowest BCUT2D eigenvalue weighted by Crippen LogP contribution is -2.17. The minimum atomic E-state index is -0.529. The number of likely N-dealkylation sites (N-methyl/N-ethyl adjacent to an activating group) is 1. The topological polar surface area (TPSA) is 41.5 Å². The summed E-state index contributed by atoms with van der Waals surface area (Å²) in [6.07, 6.45) is -0.529. The first-order valence-corrected chi connectivity index (χ1v) is 5.56. The molecule has 1 unspecified atom stereocenters. The molecule has 4 heteroatoms. The third kappa shape index (κ3) is 2.93. The molecule has 15 heavy (non-hydrogen) atoms. The molecule has 1 aromatic rings. The van der Waals surface area contributed by atoms with Crippen LogP contribution in [0.3, 0.4) is 0 Å². The fourth-order valence-corrected chi connectivity index (χ4v) is 1.92. The van der Waals surface area contributed by atoms with Gasteiger partial charge in [0.15, 0.2) is 0 Å². The highest BCUT2D eigenvalue weighted by atomic mass is 79.9. The molecule has 0 saturated heterocycles. The van der Waals surface area contributed by atoms with E-state index in [2.05, 4.69) is 21.2 Å². The van der Waals surface area contributed by atoms with Crippen molar-refractivity contribution in [2.45, 2.75) is 13.0 Å². The number of hydrogen-bond acceptors (Lipinski definition) is 3. The van der Waals surface area contributed by atoms with E-state index in [4.69, 9.17) is 4.74 Å². The van der Waals surface area contributed by atoms with Gasteiger partial charge in [-0.05, 0) is 37.2 Å². The molecule has 0 saturated carbocycles. The first-order valence-electron chi connectivity index (χ1n) is 4.76. The van der Waals surface area contributed by atoms with Gasteiger partial charge in [-0.15, -0.1) is 0 Å². The molecule has 0 fully saturated rings. The number of aliphatic hydroxyl groups excluding tert-OH is 1. The summed E-state index contributed by atoms with van der Waals surface area (Å²) in [4.78, 5) is 0. The summed E-state index contributed by atoms with van der Waals surface area (Å²) in [5, 5.41) is 12.8. The molecular weight excluding hydrogens is 258 g/mol. The Morgan fingerprint density at radius 1 is 1.53 bits per heavy atom. The SMILES string of the molecule is CNCC(O)c1cc(OC)cc(C)c1Br. The second kappa shape index (κ2) is 5.49. The first kappa shape index (κ1) is 12.5. The Hall–Kier alpha value is -0.580. The zero-order valence-electron chi connectivity index (χ0n) is 9.17. The summed E-state index contributed by atoms with van der Waals surface area (Å²) in [5.41, 5.74) is 1.90. The molecule has 0 amide bonds. The Kier molecular flexibility index (Phi) is 4.57. The maximum absolute atomic E-state index is 9.90. The fourth-order valence-electron chi connectivity index (χ4n) is 1.43. The summed E-state index contributed by atoms with van der Waals surface area (Å²) in [6.45, 7) is 2.49. The van der Waals surface area contributed by atoms with E-state index in [-0.39, 0.29) is 0 Å². The minimum Gasteiger partial charge on any atom is -0.497 e. The van der Waals surface area contributed by atoms with Crippen LogP contribution in [0.25, 0.3) is 0 Å². The molecule has 84 valence electrons. The Labute approximate surface area is 98.6 Å². The molecule has 1 rings (SSSR count). The van der Waals surface area contributed by atoms with Crippen molar-refractivity contribution >= 4 is 15.9 Å². The van der Waals surface area contributed by atoms with Gasteiger partial charge in [-0.2, -0.15) is 0 Å². The van der Waals surface area contributed by atoms with Crippen LogP contribution in [0.4, 0.5) is 0 Å². The van der Waals surface area contributed by atoms with Crippen LogP contribution >= 0.6 is 15.9 Å². The van der Waals surface area contributed by atoms with Gasteiger partial charge in [0.1, 0.15) is 5.75 Å². The van der Waals surface area contributed by atoms with Crippen LogP contribution in [-0.2, 0) is 0 Å². The van der Waals surface area contributed by atoms with E-state index in [1.165, 1.54) is 0 Å². The van der Waals surface area contributed by atoms with Gasteiger partial charge in [-0.25, -0.2) is 0 Å². The molecule has 0 bridgehead atoms. The number of hydrogen-bond donors (Lipinski definition) is 2. The molecular formula is C11H16BrNO2. The van der Waals surface area contributed by atoms with Crippen LogP contribution in [0.2, 0.25) is 0 Å². The zero-order chi connectivity index (χ0) is 11.4. The summed E-state index contributed by atoms with van der Waals surface area (Å²) in [5.74, 6) is 0.765. The molecule has 0 radical (unpaired) electrons. The number of halogens is 1. The Bertz CT molecular complexity index is 342. The van der Waals surface area contributed by atoms with Crippen LogP contribution in [0, 0.1) is 6.92 Å². The summed E-state index contributed by atoms with van der Waals surface area (Å²) >= 11 is 3.47. The summed E-state index contributed by atoms with van der Waals surface area (Å²) < 4.78 is 6.10. The maximum Gasteiger partial charge on any atom is 0.119 e. The van der Waals surface area contributed by atoms with Gasteiger partial charge < -0.3 is 15.2 Å². The number of methoxy groups -OCH3 is 1. The average molecular weight is 274 g/mol. The van der Waals surface area contributed by atoms with Gasteiger partial charge in [0, 0.05) is 11.0 Å². The summed E-state index contributed by atoms with van der Waals surface area (Å²) in [7, 11) is 3.43. The molecule has 0 spiro atoms. The first-order chi connectivity index (χ1) is 7.10. The van der Waals surface area contributed by atoms with Crippen molar-refractivity contribution in [3.8, 4) is 5.75 Å². The Morgan fingerprint density at radius 3 is 2.73 bits per heavy atom. The van der Waals surface area contributed by atoms with Gasteiger partial charge in [0.25, 0.3) is 0 Å². The second-order valence-electron chi connectivity index (χ2n) is 3.42. The third-order valence-corrected chi connectivity index (χ3v) is 3.33. The number of aryl methyl sites for hydroxylation is 1. The lowest BCUT2D eigenvalue weighted by Gasteiger charge is -2.15. The molecule has 0 aromatic heterocycles. The zero-order valence-corrected chi connectivity index (χ0v) is 10.8. The fraction of sp³-hybridized carbons (Fsp3) is 0.455. The predicted octanol–water partition coefficient (Wildman–Crippen LogP) is 2.02. The van der Waals surface area contributed by atoms with Crippen molar-refractivity contribution in [2.24, 2.45) is 0 Å². The molecule has 0 heterocycles. The highest BCUT2D eigenvalue weighted by molar-refractivity contribution is 9.10. The van der Waals surface area contributed by atoms with Gasteiger partial charge in [-0.3, -0.25) is 0 Å². The van der Waals surface area contributed by atoms with Crippen molar-refractivity contribution in [3.05, 3.63) is 27.7 Å². The van der Waals surface area contributed by atoms with Gasteiger partial charge in [0.05, 0.1) is 13.2 Å². The molecule has 1 atom stereocenters. The van der Waals surface area contributed by atoms with Crippen LogP contribution in [0.1, 0.15) is 17.2 Å². The van der Waals surface area contributed by atoms with Gasteiger partial charge >= 0.3 is 0 Å². The van der Waals surface area contributed by atoms with E-state index in [9.17, 15) is 5.11 Å². The smallest absolute Gasteiger partial charge is 0.119 e. The van der Waals surface area contributed by atoms with E-state index in [0.29, 0.717) is 6.54 Å².